The number of aromatic nitrogens is 5. The highest BCUT2D eigenvalue weighted by atomic mass is 32.2. The van der Waals surface area contributed by atoms with Gasteiger partial charge in [-0.25, -0.2) is 9.97 Å². The summed E-state index contributed by atoms with van der Waals surface area (Å²) < 4.78 is 1.92. The Morgan fingerprint density at radius 1 is 1.25 bits per heavy atom. The smallest absolute Gasteiger partial charge is 0.197 e. The zero-order valence-corrected chi connectivity index (χ0v) is 11.8. The van der Waals surface area contributed by atoms with Crippen molar-refractivity contribution in [2.45, 2.75) is 23.7 Å². The Morgan fingerprint density at radius 3 is 2.75 bits per heavy atom. The van der Waals surface area contributed by atoms with Crippen molar-refractivity contribution >= 4 is 22.8 Å². The molecule has 3 rings (SSSR count). The summed E-state index contributed by atoms with van der Waals surface area (Å²) >= 11 is 1.47. The monoisotopic (exact) mass is 283 g/mol. The number of benzene rings is 1. The highest BCUT2D eigenvalue weighted by molar-refractivity contribution is 7.99. The molecule has 0 N–H and O–H groups in total. The normalized spacial score (nSPS) is 10.8. The molecule has 0 aliphatic heterocycles. The van der Waals surface area contributed by atoms with Crippen LogP contribution in [0.1, 0.15) is 5.69 Å². The molecule has 2 aromatic heterocycles. The quantitative estimate of drug-likeness (QED) is 0.689. The van der Waals surface area contributed by atoms with Crippen LogP contribution < -0.4 is 0 Å². The maximum Gasteiger partial charge on any atom is 0.197 e. The molecule has 0 spiro atoms. The van der Waals surface area contributed by atoms with E-state index in [0.717, 1.165) is 26.9 Å². The minimum Gasteiger partial charge on any atom is -0.304 e. The third-order valence-electron chi connectivity index (χ3n) is 2.80. The lowest BCUT2D eigenvalue weighted by Gasteiger charge is -2.06. The van der Waals surface area contributed by atoms with Crippen molar-refractivity contribution in [3.63, 3.8) is 0 Å². The summed E-state index contributed by atoms with van der Waals surface area (Å²) in [7, 11) is 0. The standard InChI is InChI=1S/C14H13N5S/c1-3-8-19-9-15-18-14(19)20-13-10(2)16-11-6-4-5-7-12(11)17-13/h3-7,9H,1,8H2,2H3. The molecule has 100 valence electrons. The summed E-state index contributed by atoms with van der Waals surface area (Å²) in [5, 5.41) is 9.68. The van der Waals surface area contributed by atoms with Crippen LogP contribution in [0, 0.1) is 6.92 Å². The molecule has 2 heterocycles. The van der Waals surface area contributed by atoms with E-state index in [2.05, 4.69) is 26.7 Å². The fourth-order valence-electron chi connectivity index (χ4n) is 1.84. The molecule has 0 saturated heterocycles. The summed E-state index contributed by atoms with van der Waals surface area (Å²) in [6.07, 6.45) is 3.50. The van der Waals surface area contributed by atoms with Gasteiger partial charge in [0.05, 0.1) is 16.7 Å². The highest BCUT2D eigenvalue weighted by Crippen LogP contribution is 2.27. The maximum absolute atomic E-state index is 4.64. The van der Waals surface area contributed by atoms with Crippen molar-refractivity contribution in [3.05, 3.63) is 48.9 Å². The van der Waals surface area contributed by atoms with Gasteiger partial charge in [0.25, 0.3) is 0 Å². The summed E-state index contributed by atoms with van der Waals surface area (Å²) in [4.78, 5) is 9.22. The number of para-hydroxylation sites is 2. The van der Waals surface area contributed by atoms with Crippen LogP contribution in [-0.4, -0.2) is 24.7 Å². The zero-order valence-electron chi connectivity index (χ0n) is 11.0. The molecule has 3 aromatic rings. The van der Waals surface area contributed by atoms with Gasteiger partial charge in [-0.3, -0.25) is 0 Å². The predicted octanol–water partition coefficient (Wildman–Crippen LogP) is 2.87. The molecule has 0 aliphatic rings. The van der Waals surface area contributed by atoms with Crippen LogP contribution in [0.15, 0.2) is 53.4 Å². The molecule has 0 saturated carbocycles. The number of rotatable bonds is 4. The van der Waals surface area contributed by atoms with E-state index in [1.54, 1.807) is 6.33 Å². The lowest BCUT2D eigenvalue weighted by molar-refractivity contribution is 0.724. The van der Waals surface area contributed by atoms with E-state index in [-0.39, 0.29) is 0 Å². The maximum atomic E-state index is 4.64. The van der Waals surface area contributed by atoms with E-state index in [1.807, 2.05) is 41.8 Å². The van der Waals surface area contributed by atoms with Gasteiger partial charge < -0.3 is 4.57 Å². The first-order valence-electron chi connectivity index (χ1n) is 6.18. The van der Waals surface area contributed by atoms with E-state index < -0.39 is 0 Å². The number of hydrogen-bond acceptors (Lipinski definition) is 5. The molecular formula is C14H13N5S. The largest absolute Gasteiger partial charge is 0.304 e. The minimum absolute atomic E-state index is 0.676. The molecule has 5 nitrogen and oxygen atoms in total. The molecule has 1 aromatic carbocycles. The van der Waals surface area contributed by atoms with E-state index in [1.165, 1.54) is 11.8 Å². The average Bonchev–Trinajstić information content (AvgIpc) is 2.87. The fourth-order valence-corrected chi connectivity index (χ4v) is 2.68. The average molecular weight is 283 g/mol. The zero-order chi connectivity index (χ0) is 13.9. The first kappa shape index (κ1) is 12.8. The van der Waals surface area contributed by atoms with Gasteiger partial charge in [0.1, 0.15) is 11.4 Å². The van der Waals surface area contributed by atoms with Crippen molar-refractivity contribution in [2.75, 3.05) is 0 Å². The van der Waals surface area contributed by atoms with Crippen molar-refractivity contribution in [2.24, 2.45) is 0 Å². The Kier molecular flexibility index (Phi) is 3.47. The van der Waals surface area contributed by atoms with E-state index in [4.69, 9.17) is 0 Å². The van der Waals surface area contributed by atoms with Gasteiger partial charge in [-0.1, -0.05) is 18.2 Å². The highest BCUT2D eigenvalue weighted by Gasteiger charge is 2.11. The van der Waals surface area contributed by atoms with Crippen molar-refractivity contribution in [1.29, 1.82) is 0 Å². The SMILES string of the molecule is C=CCn1cnnc1Sc1nc2ccccc2nc1C. The van der Waals surface area contributed by atoms with E-state index >= 15 is 0 Å². The van der Waals surface area contributed by atoms with Gasteiger partial charge in [-0.05, 0) is 30.8 Å². The van der Waals surface area contributed by atoms with Crippen LogP contribution in [0.25, 0.3) is 11.0 Å². The molecule has 6 heteroatoms. The molecule has 0 aliphatic carbocycles. The third kappa shape index (κ3) is 2.42. The molecule has 20 heavy (non-hydrogen) atoms. The Balaban J connectivity index is 1.99. The van der Waals surface area contributed by atoms with Crippen LogP contribution >= 0.6 is 11.8 Å². The molecule has 0 amide bonds. The first-order valence-corrected chi connectivity index (χ1v) is 6.99. The van der Waals surface area contributed by atoms with Crippen LogP contribution in [-0.2, 0) is 6.54 Å². The predicted molar refractivity (Wildman–Crippen MR) is 78.6 cm³/mol. The first-order chi connectivity index (χ1) is 9.78. The minimum atomic E-state index is 0.676. The second-order valence-corrected chi connectivity index (χ2v) is 5.22. The third-order valence-corrected chi connectivity index (χ3v) is 3.87. The second-order valence-electron chi connectivity index (χ2n) is 4.26. The topological polar surface area (TPSA) is 56.5 Å². The number of nitrogens with zero attached hydrogens (tertiary/aromatic N) is 5. The van der Waals surface area contributed by atoms with Gasteiger partial charge in [0, 0.05) is 6.54 Å². The van der Waals surface area contributed by atoms with Crippen molar-refractivity contribution in [1.82, 2.24) is 24.7 Å². The van der Waals surface area contributed by atoms with Gasteiger partial charge >= 0.3 is 0 Å². The summed E-state index contributed by atoms with van der Waals surface area (Å²) in [5.74, 6) is 0. The lowest BCUT2D eigenvalue weighted by atomic mass is 10.3. The molecule has 0 bridgehead atoms. The van der Waals surface area contributed by atoms with Gasteiger partial charge in [-0.15, -0.1) is 16.8 Å². The van der Waals surface area contributed by atoms with Crippen molar-refractivity contribution < 1.29 is 0 Å². The number of fused-ring (bicyclic) bond motifs is 1. The molecule has 0 atom stereocenters. The van der Waals surface area contributed by atoms with Gasteiger partial charge in [0.2, 0.25) is 0 Å². The van der Waals surface area contributed by atoms with E-state index in [9.17, 15) is 0 Å². The molecule has 0 unspecified atom stereocenters. The Bertz CT molecular complexity index is 765. The molecule has 0 fully saturated rings. The van der Waals surface area contributed by atoms with Gasteiger partial charge in [-0.2, -0.15) is 0 Å². The van der Waals surface area contributed by atoms with Gasteiger partial charge in [0.15, 0.2) is 5.16 Å². The molecule has 0 radical (unpaired) electrons. The summed E-state index contributed by atoms with van der Waals surface area (Å²) in [5.41, 5.74) is 2.68. The van der Waals surface area contributed by atoms with E-state index in [0.29, 0.717) is 6.54 Å². The Labute approximate surface area is 120 Å². The fraction of sp³-hybridized carbons (Fsp3) is 0.143. The lowest BCUT2D eigenvalue weighted by Crippen LogP contribution is -1.98. The number of allylic oxidation sites excluding steroid dienone is 1. The van der Waals surface area contributed by atoms with Crippen LogP contribution in [0.5, 0.6) is 0 Å². The van der Waals surface area contributed by atoms with Crippen LogP contribution in [0.3, 0.4) is 0 Å². The summed E-state index contributed by atoms with van der Waals surface area (Å²) in [6, 6.07) is 7.84. The summed E-state index contributed by atoms with van der Waals surface area (Å²) in [6.45, 7) is 6.36. The second kappa shape index (κ2) is 5.42. The Hall–Kier alpha value is -2.21. The van der Waals surface area contributed by atoms with Crippen LogP contribution in [0.4, 0.5) is 0 Å². The number of hydrogen-bond donors (Lipinski definition) is 0. The molecular weight excluding hydrogens is 270 g/mol. The van der Waals surface area contributed by atoms with Crippen molar-refractivity contribution in [3.8, 4) is 0 Å². The number of aryl methyl sites for hydroxylation is 1. The van der Waals surface area contributed by atoms with Crippen LogP contribution in [0.2, 0.25) is 0 Å². The Morgan fingerprint density at radius 2 is 2.00 bits per heavy atom.